The summed E-state index contributed by atoms with van der Waals surface area (Å²) in [4.78, 5) is 39.7. The lowest BCUT2D eigenvalue weighted by atomic mass is 10.0. The van der Waals surface area contributed by atoms with Gasteiger partial charge >= 0.3 is 0 Å². The first-order chi connectivity index (χ1) is 15.9. The number of hydrogen-bond donors (Lipinski definition) is 2. The molecule has 33 heavy (non-hydrogen) atoms. The lowest BCUT2D eigenvalue weighted by Gasteiger charge is -2.18. The molecular weight excluding hydrogens is 414 g/mol. The largest absolute Gasteiger partial charge is 0.352 e. The fourth-order valence-electron chi connectivity index (χ4n) is 3.99. The van der Waals surface area contributed by atoms with Crippen LogP contribution < -0.4 is 15.5 Å². The Morgan fingerprint density at radius 2 is 1.76 bits per heavy atom. The van der Waals surface area contributed by atoms with Gasteiger partial charge in [-0.05, 0) is 55.3 Å². The third-order valence-corrected chi connectivity index (χ3v) is 5.91. The molecule has 0 unspecified atom stereocenters. The Labute approximate surface area is 193 Å². The summed E-state index contributed by atoms with van der Waals surface area (Å²) in [7, 11) is 0. The minimum atomic E-state index is -0.426. The molecule has 0 aliphatic carbocycles. The molecule has 0 aromatic heterocycles. The van der Waals surface area contributed by atoms with E-state index in [1.807, 2.05) is 56.3 Å². The second-order valence-electron chi connectivity index (χ2n) is 8.42. The number of aryl methyl sites for hydroxylation is 2. The number of carbonyl (C=O) groups excluding carboxylic acids is 3. The molecule has 168 valence electrons. The van der Waals surface area contributed by atoms with E-state index < -0.39 is 5.92 Å². The average molecular weight is 442 g/mol. The molecule has 0 bridgehead atoms. The van der Waals surface area contributed by atoms with E-state index in [4.69, 9.17) is 0 Å². The first kappa shape index (κ1) is 22.3. The van der Waals surface area contributed by atoms with Crippen LogP contribution in [0.3, 0.4) is 0 Å². The summed E-state index contributed by atoms with van der Waals surface area (Å²) in [6.45, 7) is 4.77. The molecule has 1 aliphatic heterocycles. The fourth-order valence-corrected chi connectivity index (χ4v) is 3.99. The molecule has 2 N–H and O–H groups in total. The summed E-state index contributed by atoms with van der Waals surface area (Å²) in [5.41, 5.74) is 5.10. The fraction of sp³-hybridized carbons (Fsp3) is 0.222. The number of para-hydroxylation sites is 1. The number of benzene rings is 3. The van der Waals surface area contributed by atoms with E-state index in [2.05, 4.69) is 16.7 Å². The maximum absolute atomic E-state index is 12.8. The third kappa shape index (κ3) is 5.29. The highest BCUT2D eigenvalue weighted by Crippen LogP contribution is 2.26. The van der Waals surface area contributed by atoms with Gasteiger partial charge in [-0.1, -0.05) is 48.0 Å². The van der Waals surface area contributed by atoms with Crippen LogP contribution in [0.2, 0.25) is 0 Å². The molecule has 0 saturated carbocycles. The normalized spacial score (nSPS) is 15.4. The number of rotatable bonds is 6. The predicted molar refractivity (Wildman–Crippen MR) is 129 cm³/mol. The summed E-state index contributed by atoms with van der Waals surface area (Å²) in [5, 5.41) is 5.82. The SMILES string of the molecule is Cc1ccc(C)c(CNC(=O)[C@@H]2CC(=O)N(c3cccc(C(=O)Nc4ccccc4)c3)C2)c1. The van der Waals surface area contributed by atoms with Gasteiger partial charge in [0.15, 0.2) is 0 Å². The van der Waals surface area contributed by atoms with Gasteiger partial charge < -0.3 is 15.5 Å². The molecule has 1 fully saturated rings. The van der Waals surface area contributed by atoms with Crippen LogP contribution >= 0.6 is 0 Å². The van der Waals surface area contributed by atoms with Crippen LogP contribution in [0, 0.1) is 19.8 Å². The number of anilines is 2. The van der Waals surface area contributed by atoms with Gasteiger partial charge in [-0.2, -0.15) is 0 Å². The Bertz CT molecular complexity index is 1190. The molecule has 3 aromatic carbocycles. The van der Waals surface area contributed by atoms with Gasteiger partial charge in [0.25, 0.3) is 5.91 Å². The standard InChI is InChI=1S/C27H27N3O3/c1-18-11-12-19(2)21(13-18)16-28-26(32)22-15-25(31)30(17-22)24-10-6-7-20(14-24)27(33)29-23-8-4-3-5-9-23/h3-14,22H,15-17H2,1-2H3,(H,28,32)(H,29,33)/t22-/m1/s1. The number of nitrogens with zero attached hydrogens (tertiary/aromatic N) is 1. The highest BCUT2D eigenvalue weighted by atomic mass is 16.2. The van der Waals surface area contributed by atoms with E-state index in [1.54, 1.807) is 29.2 Å². The molecule has 6 nitrogen and oxygen atoms in total. The highest BCUT2D eigenvalue weighted by molar-refractivity contribution is 6.06. The van der Waals surface area contributed by atoms with Gasteiger partial charge in [-0.3, -0.25) is 14.4 Å². The van der Waals surface area contributed by atoms with Gasteiger partial charge in [0.05, 0.1) is 5.92 Å². The second-order valence-corrected chi connectivity index (χ2v) is 8.42. The van der Waals surface area contributed by atoms with Crippen LogP contribution in [-0.2, 0) is 16.1 Å². The summed E-state index contributed by atoms with van der Waals surface area (Å²) < 4.78 is 0. The van der Waals surface area contributed by atoms with Crippen LogP contribution in [-0.4, -0.2) is 24.3 Å². The summed E-state index contributed by atoms with van der Waals surface area (Å²) in [5.74, 6) is -0.936. The van der Waals surface area contributed by atoms with Crippen molar-refractivity contribution >= 4 is 29.1 Å². The maximum atomic E-state index is 12.8. The molecule has 3 aromatic rings. The van der Waals surface area contributed by atoms with Gasteiger partial charge in [0.2, 0.25) is 11.8 Å². The Morgan fingerprint density at radius 3 is 2.55 bits per heavy atom. The van der Waals surface area contributed by atoms with Crippen molar-refractivity contribution in [3.05, 3.63) is 95.1 Å². The molecule has 6 heteroatoms. The van der Waals surface area contributed by atoms with Crippen molar-refractivity contribution in [3.8, 4) is 0 Å². The molecule has 4 rings (SSSR count). The summed E-state index contributed by atoms with van der Waals surface area (Å²) in [6.07, 6.45) is 0.152. The molecule has 1 atom stereocenters. The highest BCUT2D eigenvalue weighted by Gasteiger charge is 2.35. The molecule has 1 saturated heterocycles. The summed E-state index contributed by atoms with van der Waals surface area (Å²) >= 11 is 0. The van der Waals surface area contributed by atoms with E-state index in [1.165, 1.54) is 0 Å². The molecule has 1 heterocycles. The average Bonchev–Trinajstić information content (AvgIpc) is 3.22. The van der Waals surface area contributed by atoms with Crippen molar-refractivity contribution in [1.82, 2.24) is 5.32 Å². The zero-order valence-electron chi connectivity index (χ0n) is 18.8. The summed E-state index contributed by atoms with van der Waals surface area (Å²) in [6, 6.07) is 22.3. The smallest absolute Gasteiger partial charge is 0.255 e. The predicted octanol–water partition coefficient (Wildman–Crippen LogP) is 4.23. The van der Waals surface area contributed by atoms with Crippen LogP contribution in [0.15, 0.2) is 72.8 Å². The lowest BCUT2D eigenvalue weighted by Crippen LogP contribution is -2.32. The van der Waals surface area contributed by atoms with Crippen molar-refractivity contribution in [1.29, 1.82) is 0 Å². The van der Waals surface area contributed by atoms with Crippen molar-refractivity contribution < 1.29 is 14.4 Å². The zero-order valence-corrected chi connectivity index (χ0v) is 18.8. The minimum Gasteiger partial charge on any atom is -0.352 e. The van der Waals surface area contributed by atoms with Gasteiger partial charge in [0, 0.05) is 36.4 Å². The first-order valence-corrected chi connectivity index (χ1v) is 11.0. The number of nitrogens with one attached hydrogen (secondary N) is 2. The quantitative estimate of drug-likeness (QED) is 0.601. The molecule has 1 aliphatic rings. The molecule has 0 radical (unpaired) electrons. The number of carbonyl (C=O) groups is 3. The zero-order chi connectivity index (χ0) is 23.4. The number of hydrogen-bond acceptors (Lipinski definition) is 3. The molecular formula is C27H27N3O3. The Balaban J connectivity index is 1.40. The third-order valence-electron chi connectivity index (χ3n) is 5.91. The van der Waals surface area contributed by atoms with Crippen molar-refractivity contribution in [2.24, 2.45) is 5.92 Å². The Hall–Kier alpha value is -3.93. The number of amides is 3. The van der Waals surface area contributed by atoms with E-state index in [0.717, 1.165) is 16.7 Å². The first-order valence-electron chi connectivity index (χ1n) is 11.0. The van der Waals surface area contributed by atoms with E-state index >= 15 is 0 Å². The Kier molecular flexibility index (Phi) is 6.54. The monoisotopic (exact) mass is 441 g/mol. The van der Waals surface area contributed by atoms with Crippen molar-refractivity contribution in [2.45, 2.75) is 26.8 Å². The van der Waals surface area contributed by atoms with E-state index in [-0.39, 0.29) is 24.1 Å². The van der Waals surface area contributed by atoms with Crippen molar-refractivity contribution in [3.63, 3.8) is 0 Å². The Morgan fingerprint density at radius 1 is 0.970 bits per heavy atom. The van der Waals surface area contributed by atoms with Crippen LogP contribution in [0.5, 0.6) is 0 Å². The minimum absolute atomic E-state index is 0.123. The molecule has 0 spiro atoms. The lowest BCUT2D eigenvalue weighted by molar-refractivity contribution is -0.126. The van der Waals surface area contributed by atoms with Gasteiger partial charge in [-0.15, -0.1) is 0 Å². The van der Waals surface area contributed by atoms with E-state index in [0.29, 0.717) is 30.0 Å². The van der Waals surface area contributed by atoms with Crippen LogP contribution in [0.4, 0.5) is 11.4 Å². The van der Waals surface area contributed by atoms with E-state index in [9.17, 15) is 14.4 Å². The van der Waals surface area contributed by atoms with Gasteiger partial charge in [-0.25, -0.2) is 0 Å². The second kappa shape index (κ2) is 9.69. The van der Waals surface area contributed by atoms with Crippen molar-refractivity contribution in [2.75, 3.05) is 16.8 Å². The molecule has 3 amide bonds. The van der Waals surface area contributed by atoms with Crippen LogP contribution in [0.25, 0.3) is 0 Å². The van der Waals surface area contributed by atoms with Gasteiger partial charge in [0.1, 0.15) is 0 Å². The maximum Gasteiger partial charge on any atom is 0.255 e. The topological polar surface area (TPSA) is 78.5 Å². The van der Waals surface area contributed by atoms with Crippen LogP contribution in [0.1, 0.15) is 33.5 Å².